The van der Waals surface area contributed by atoms with E-state index in [4.69, 9.17) is 9.36 Å². The van der Waals surface area contributed by atoms with Crippen LogP contribution in [0.25, 0.3) is 0 Å². The summed E-state index contributed by atoms with van der Waals surface area (Å²) < 4.78 is 5.20. The van der Waals surface area contributed by atoms with Gasteiger partial charge in [-0.15, -0.1) is 5.16 Å². The van der Waals surface area contributed by atoms with Crippen LogP contribution < -0.4 is 5.59 Å². The summed E-state index contributed by atoms with van der Waals surface area (Å²) in [7, 11) is 4.15. The van der Waals surface area contributed by atoms with Gasteiger partial charge < -0.3 is 9.36 Å². The van der Waals surface area contributed by atoms with E-state index >= 15 is 0 Å². The number of nitrogens with zero attached hydrogens (tertiary/aromatic N) is 3. The summed E-state index contributed by atoms with van der Waals surface area (Å²) in [6, 6.07) is 0. The van der Waals surface area contributed by atoms with Gasteiger partial charge in [0.2, 0.25) is 0 Å². The number of hydrogen-bond donors (Lipinski definition) is 0. The van der Waals surface area contributed by atoms with Crippen LogP contribution in [0.1, 0.15) is 62.7 Å². The van der Waals surface area contributed by atoms with Crippen molar-refractivity contribution in [2.75, 3.05) is 13.1 Å². The van der Waals surface area contributed by atoms with Gasteiger partial charge in [0, 0.05) is 48.6 Å². The fraction of sp³-hybridized carbons (Fsp3) is 0.800. The molecule has 2 atom stereocenters. The minimum atomic E-state index is -0.0589. The maximum absolute atomic E-state index is 5.91. The van der Waals surface area contributed by atoms with Crippen LogP contribution in [0.2, 0.25) is 13.6 Å². The first kappa shape index (κ1) is 19.1. The Morgan fingerprint density at radius 3 is 2.59 bits per heavy atom. The van der Waals surface area contributed by atoms with Gasteiger partial charge in [-0.25, -0.2) is 0 Å². The predicted octanol–water partition coefficient (Wildman–Crippen LogP) is 3.00. The van der Waals surface area contributed by atoms with Gasteiger partial charge in [0.15, 0.2) is 20.3 Å². The van der Waals surface area contributed by atoms with Crippen LogP contribution in [0.5, 0.6) is 0 Å². The van der Waals surface area contributed by atoms with Gasteiger partial charge in [-0.1, -0.05) is 25.2 Å². The summed E-state index contributed by atoms with van der Waals surface area (Å²) in [5.74, 6) is 1.65. The van der Waals surface area contributed by atoms with Crippen molar-refractivity contribution in [2.45, 2.75) is 83.6 Å². The van der Waals surface area contributed by atoms with Gasteiger partial charge in [0.05, 0.1) is 0 Å². The molecule has 0 N–H and O–H groups in total. The van der Waals surface area contributed by atoms with Gasteiger partial charge >= 0.3 is 0 Å². The Kier molecular flexibility index (Phi) is 5.96. The third-order valence-electron chi connectivity index (χ3n) is 6.68. The minimum absolute atomic E-state index is 0.0589. The molecule has 1 saturated carbocycles. The molecule has 0 amide bonds. The van der Waals surface area contributed by atoms with E-state index in [1.165, 1.54) is 75.6 Å². The number of fused-ring (bicyclic) bond motifs is 2. The molecule has 2 aliphatic heterocycles. The van der Waals surface area contributed by atoms with Crippen molar-refractivity contribution in [3.8, 4) is 0 Å². The molecule has 144 valence electrons. The monoisotopic (exact) mass is 367 g/mol. The van der Waals surface area contributed by atoms with Gasteiger partial charge in [0.1, 0.15) is 5.76 Å². The average Bonchev–Trinajstić information content (AvgIpc) is 3.46. The molecule has 0 bridgehead atoms. The standard InChI is InChI=1S/C12H20BN2O.C8H11BNO/c1-13-11-10-6-2-3-7-12(10,16-14-11)15-8-4-5-9-15;1-9-8-6-4-2-3-5-7(6)11-10-8/h10H,2-9H2,1H3;2-5H2,1H3. The highest BCUT2D eigenvalue weighted by atomic mass is 16.7. The summed E-state index contributed by atoms with van der Waals surface area (Å²) in [6.07, 6.45) is 12.5. The molecule has 5 nitrogen and oxygen atoms in total. The summed E-state index contributed by atoms with van der Waals surface area (Å²) in [4.78, 5) is 8.47. The van der Waals surface area contributed by atoms with Crippen molar-refractivity contribution in [1.29, 1.82) is 0 Å². The lowest BCUT2D eigenvalue weighted by molar-refractivity contribution is -0.168. The van der Waals surface area contributed by atoms with E-state index in [1.54, 1.807) is 0 Å². The van der Waals surface area contributed by atoms with E-state index in [9.17, 15) is 0 Å². The zero-order valence-electron chi connectivity index (χ0n) is 16.9. The first-order chi connectivity index (χ1) is 13.3. The molecule has 2 fully saturated rings. The van der Waals surface area contributed by atoms with E-state index in [0.29, 0.717) is 5.92 Å². The molecule has 7 heteroatoms. The van der Waals surface area contributed by atoms with E-state index in [2.05, 4.69) is 29.3 Å². The first-order valence-corrected chi connectivity index (χ1v) is 10.9. The summed E-state index contributed by atoms with van der Waals surface area (Å²) in [5, 5.41) is 8.32. The Morgan fingerprint density at radius 2 is 1.81 bits per heavy atom. The first-order valence-electron chi connectivity index (χ1n) is 10.9. The Morgan fingerprint density at radius 1 is 1.00 bits per heavy atom. The molecule has 0 aromatic carbocycles. The molecule has 0 spiro atoms. The molecule has 2 radical (unpaired) electrons. The molecule has 1 aromatic rings. The largest absolute Gasteiger partial charge is 0.373 e. The lowest BCUT2D eigenvalue weighted by Crippen LogP contribution is -2.55. The minimum Gasteiger partial charge on any atom is -0.373 e. The number of oxime groups is 1. The molecule has 27 heavy (non-hydrogen) atoms. The second-order valence-electron chi connectivity index (χ2n) is 8.20. The zero-order valence-corrected chi connectivity index (χ0v) is 16.9. The van der Waals surface area contributed by atoms with Crippen molar-refractivity contribution in [2.24, 2.45) is 11.1 Å². The van der Waals surface area contributed by atoms with Crippen molar-refractivity contribution in [3.63, 3.8) is 0 Å². The molecule has 1 aromatic heterocycles. The van der Waals surface area contributed by atoms with Crippen LogP contribution in [0.3, 0.4) is 0 Å². The lowest BCUT2D eigenvalue weighted by atomic mass is 9.63. The number of aryl methyl sites for hydroxylation is 1. The summed E-state index contributed by atoms with van der Waals surface area (Å²) in [5.41, 5.74) is 3.53. The Bertz CT molecular complexity index is 659. The highest BCUT2D eigenvalue weighted by molar-refractivity contribution is 6.75. The molecule has 2 aliphatic carbocycles. The lowest BCUT2D eigenvalue weighted by Gasteiger charge is -2.43. The van der Waals surface area contributed by atoms with Crippen molar-refractivity contribution in [3.05, 3.63) is 11.3 Å². The molecular formula is C20H31B2N3O2. The van der Waals surface area contributed by atoms with Crippen LogP contribution in [0.15, 0.2) is 9.68 Å². The summed E-state index contributed by atoms with van der Waals surface area (Å²) in [6.45, 7) is 6.48. The number of aromatic nitrogens is 1. The quantitative estimate of drug-likeness (QED) is 0.771. The normalized spacial score (nSPS) is 29.7. The SMILES string of the molecule is C[B]C1=NOC2(N3CCCC3)CCCCC12.C[B]c1noc2c1CCCC2. The molecule has 5 rings (SSSR count). The van der Waals surface area contributed by atoms with Crippen LogP contribution >= 0.6 is 0 Å². The van der Waals surface area contributed by atoms with E-state index in [-0.39, 0.29) is 5.72 Å². The highest BCUT2D eigenvalue weighted by Crippen LogP contribution is 2.45. The fourth-order valence-electron chi connectivity index (χ4n) is 5.23. The van der Waals surface area contributed by atoms with Gasteiger partial charge in [-0.05, 0) is 44.9 Å². The van der Waals surface area contributed by atoms with Crippen LogP contribution in [0, 0.1) is 5.92 Å². The fourth-order valence-corrected chi connectivity index (χ4v) is 5.23. The summed E-state index contributed by atoms with van der Waals surface area (Å²) >= 11 is 0. The third kappa shape index (κ3) is 3.59. The van der Waals surface area contributed by atoms with Crippen molar-refractivity contribution < 1.29 is 9.36 Å². The zero-order chi connectivity index (χ0) is 18.7. The van der Waals surface area contributed by atoms with Gasteiger partial charge in [0.25, 0.3) is 0 Å². The maximum atomic E-state index is 5.91. The maximum Gasteiger partial charge on any atom is 0.198 e. The van der Waals surface area contributed by atoms with Crippen molar-refractivity contribution in [1.82, 2.24) is 10.1 Å². The molecule has 3 heterocycles. The predicted molar refractivity (Wildman–Crippen MR) is 110 cm³/mol. The van der Waals surface area contributed by atoms with Crippen LogP contribution in [-0.2, 0) is 17.7 Å². The van der Waals surface area contributed by atoms with Gasteiger partial charge in [-0.3, -0.25) is 4.90 Å². The smallest absolute Gasteiger partial charge is 0.198 e. The Balaban J connectivity index is 0.000000143. The van der Waals surface area contributed by atoms with E-state index < -0.39 is 0 Å². The molecule has 4 aliphatic rings. The molecular weight excluding hydrogens is 336 g/mol. The highest BCUT2D eigenvalue weighted by Gasteiger charge is 2.53. The third-order valence-corrected chi connectivity index (χ3v) is 6.68. The molecule has 1 saturated heterocycles. The second-order valence-corrected chi connectivity index (χ2v) is 8.20. The van der Waals surface area contributed by atoms with E-state index in [1.807, 2.05) is 14.1 Å². The molecule has 2 unspecified atom stereocenters. The second kappa shape index (κ2) is 8.42. The van der Waals surface area contributed by atoms with Crippen LogP contribution in [-0.4, -0.2) is 49.0 Å². The van der Waals surface area contributed by atoms with Gasteiger partial charge in [-0.2, -0.15) is 0 Å². The Labute approximate surface area is 164 Å². The topological polar surface area (TPSA) is 50.9 Å². The Hall–Kier alpha value is -1.23. The average molecular weight is 367 g/mol. The number of likely N-dealkylation sites (tertiary alicyclic amines) is 1. The number of rotatable bonds is 3. The van der Waals surface area contributed by atoms with E-state index in [0.717, 1.165) is 24.2 Å². The number of hydrogen-bond acceptors (Lipinski definition) is 5. The van der Waals surface area contributed by atoms with Crippen LogP contribution in [0.4, 0.5) is 0 Å². The van der Waals surface area contributed by atoms with Crippen molar-refractivity contribution >= 4 is 25.8 Å².